The highest BCUT2D eigenvalue weighted by atomic mass is 35.5. The van der Waals surface area contributed by atoms with Crippen molar-refractivity contribution in [1.29, 1.82) is 0 Å². The van der Waals surface area contributed by atoms with E-state index in [0.717, 1.165) is 62.3 Å². The van der Waals surface area contributed by atoms with Crippen LogP contribution in [0.25, 0.3) is 0 Å². The third-order valence-electron chi connectivity index (χ3n) is 9.12. The van der Waals surface area contributed by atoms with Crippen LogP contribution >= 0.6 is 11.6 Å². The van der Waals surface area contributed by atoms with Gasteiger partial charge in [-0.1, -0.05) is 63.1 Å². The lowest BCUT2D eigenvalue weighted by Crippen LogP contribution is -2.55. The third kappa shape index (κ3) is 7.95. The standard InChI is InChI=1S/C33H45ClF3NO2/c1-2-3-4-5-6-7-10-25-21-28(34)14-17-30(25)32(18-9-19-32)24-38-20-8-11-26(31(38)22-39)23-40-29-15-12-27(13-16-29)33(35,36)37/h12-17,21,26,31,39H,2-11,18-20,22-24H2,1H3/t26-,31+/m0/s1. The highest BCUT2D eigenvalue weighted by molar-refractivity contribution is 6.30. The Bertz CT molecular complexity index is 1050. The maximum Gasteiger partial charge on any atom is 0.416 e. The highest BCUT2D eigenvalue weighted by Crippen LogP contribution is 2.47. The first kappa shape index (κ1) is 31.2. The van der Waals surface area contributed by atoms with Crippen LogP contribution in [-0.4, -0.2) is 42.4 Å². The maximum atomic E-state index is 12.9. The Labute approximate surface area is 243 Å². The van der Waals surface area contributed by atoms with E-state index in [0.29, 0.717) is 12.4 Å². The largest absolute Gasteiger partial charge is 0.493 e. The minimum absolute atomic E-state index is 0.0324. The molecule has 2 aromatic rings. The molecule has 4 rings (SSSR count). The van der Waals surface area contributed by atoms with Gasteiger partial charge < -0.3 is 9.84 Å². The number of rotatable bonds is 14. The summed E-state index contributed by atoms with van der Waals surface area (Å²) in [5.74, 6) is 0.545. The summed E-state index contributed by atoms with van der Waals surface area (Å²) in [5, 5.41) is 11.3. The monoisotopic (exact) mass is 579 g/mol. The van der Waals surface area contributed by atoms with E-state index in [1.807, 2.05) is 6.07 Å². The number of nitrogens with zero attached hydrogens (tertiary/aromatic N) is 1. The quantitative estimate of drug-likeness (QED) is 0.227. The first-order valence-corrected chi connectivity index (χ1v) is 15.6. The molecule has 0 radical (unpaired) electrons. The molecule has 1 heterocycles. The molecule has 40 heavy (non-hydrogen) atoms. The second-order valence-corrected chi connectivity index (χ2v) is 12.3. The number of piperidine rings is 1. The van der Waals surface area contributed by atoms with Gasteiger partial charge in [0.05, 0.1) is 18.8 Å². The molecule has 0 bridgehead atoms. The lowest BCUT2D eigenvalue weighted by Gasteiger charge is -2.50. The van der Waals surface area contributed by atoms with Crippen molar-refractivity contribution in [2.75, 3.05) is 26.3 Å². The molecule has 1 saturated carbocycles. The zero-order valence-corrected chi connectivity index (χ0v) is 24.6. The Kier molecular flexibility index (Phi) is 11.2. The number of likely N-dealkylation sites (tertiary alicyclic amines) is 1. The van der Waals surface area contributed by atoms with Crippen LogP contribution in [-0.2, 0) is 18.0 Å². The van der Waals surface area contributed by atoms with Gasteiger partial charge in [0.25, 0.3) is 0 Å². The smallest absolute Gasteiger partial charge is 0.416 e. The number of alkyl halides is 3. The molecule has 0 amide bonds. The third-order valence-corrected chi connectivity index (χ3v) is 9.36. The molecule has 1 N–H and O–H groups in total. The van der Waals surface area contributed by atoms with Crippen LogP contribution in [0.3, 0.4) is 0 Å². The molecule has 2 aliphatic rings. The number of halogens is 4. The van der Waals surface area contributed by atoms with E-state index in [-0.39, 0.29) is 24.0 Å². The molecule has 1 aliphatic heterocycles. The molecule has 2 atom stereocenters. The van der Waals surface area contributed by atoms with Gasteiger partial charge in [-0.15, -0.1) is 0 Å². The Hall–Kier alpha value is -1.76. The Morgan fingerprint density at radius 1 is 1.00 bits per heavy atom. The Balaban J connectivity index is 1.41. The zero-order valence-electron chi connectivity index (χ0n) is 23.8. The summed E-state index contributed by atoms with van der Waals surface area (Å²) in [7, 11) is 0. The van der Waals surface area contributed by atoms with Crippen molar-refractivity contribution >= 4 is 11.6 Å². The number of hydrogen-bond acceptors (Lipinski definition) is 3. The fourth-order valence-corrected chi connectivity index (χ4v) is 6.89. The topological polar surface area (TPSA) is 32.7 Å². The van der Waals surface area contributed by atoms with E-state index in [1.165, 1.54) is 68.2 Å². The van der Waals surface area contributed by atoms with Gasteiger partial charge in [0, 0.05) is 28.9 Å². The fraction of sp³-hybridized carbons (Fsp3) is 0.636. The van der Waals surface area contributed by atoms with Crippen LogP contribution in [0.4, 0.5) is 13.2 Å². The Morgan fingerprint density at radius 3 is 2.38 bits per heavy atom. The molecule has 1 saturated heterocycles. The summed E-state index contributed by atoms with van der Waals surface area (Å²) in [5.41, 5.74) is 2.20. The van der Waals surface area contributed by atoms with E-state index >= 15 is 0 Å². The lowest BCUT2D eigenvalue weighted by molar-refractivity contribution is -0.137. The molecule has 3 nitrogen and oxygen atoms in total. The molecular formula is C33H45ClF3NO2. The second kappa shape index (κ2) is 14.4. The van der Waals surface area contributed by atoms with E-state index in [9.17, 15) is 18.3 Å². The number of ether oxygens (including phenoxy) is 1. The number of aryl methyl sites for hydroxylation is 1. The number of unbranched alkanes of at least 4 members (excludes halogenated alkanes) is 5. The molecule has 0 spiro atoms. The van der Waals surface area contributed by atoms with Gasteiger partial charge in [0.1, 0.15) is 5.75 Å². The molecule has 7 heteroatoms. The van der Waals surface area contributed by atoms with Crippen molar-refractivity contribution in [3.8, 4) is 5.75 Å². The molecular weight excluding hydrogens is 535 g/mol. The van der Waals surface area contributed by atoms with Crippen molar-refractivity contribution in [1.82, 2.24) is 4.90 Å². The average Bonchev–Trinajstić information content (AvgIpc) is 2.91. The predicted molar refractivity (Wildman–Crippen MR) is 156 cm³/mol. The molecule has 0 aromatic heterocycles. The summed E-state index contributed by atoms with van der Waals surface area (Å²) in [6, 6.07) is 11.3. The Morgan fingerprint density at radius 2 is 1.73 bits per heavy atom. The normalized spacial score (nSPS) is 21.2. The predicted octanol–water partition coefficient (Wildman–Crippen LogP) is 8.84. The first-order valence-electron chi connectivity index (χ1n) is 15.2. The van der Waals surface area contributed by atoms with Crippen molar-refractivity contribution in [2.45, 2.75) is 102 Å². The number of aliphatic hydroxyl groups is 1. The van der Waals surface area contributed by atoms with Crippen molar-refractivity contribution in [3.63, 3.8) is 0 Å². The second-order valence-electron chi connectivity index (χ2n) is 11.9. The van der Waals surface area contributed by atoms with Gasteiger partial charge in [0.2, 0.25) is 0 Å². The summed E-state index contributed by atoms with van der Waals surface area (Å²) in [6.07, 6.45) is 9.71. The maximum absolute atomic E-state index is 12.9. The molecule has 2 aromatic carbocycles. The SMILES string of the molecule is CCCCCCCCc1cc(Cl)ccc1C1(CN2CCC[C@@H](COc3ccc(C(F)(F)F)cc3)[C@H]2CO)CCC1. The molecule has 2 fully saturated rings. The van der Waals surface area contributed by atoms with Gasteiger partial charge in [0.15, 0.2) is 0 Å². The van der Waals surface area contributed by atoms with Crippen LogP contribution in [0.15, 0.2) is 42.5 Å². The van der Waals surface area contributed by atoms with E-state index < -0.39 is 11.7 Å². The van der Waals surface area contributed by atoms with Crippen LogP contribution in [0.1, 0.15) is 94.2 Å². The number of aliphatic hydroxyl groups excluding tert-OH is 1. The number of benzene rings is 2. The first-order chi connectivity index (χ1) is 19.3. The minimum atomic E-state index is -4.36. The minimum Gasteiger partial charge on any atom is -0.493 e. The van der Waals surface area contributed by atoms with Crippen molar-refractivity contribution in [2.24, 2.45) is 5.92 Å². The van der Waals surface area contributed by atoms with E-state index in [1.54, 1.807) is 0 Å². The highest BCUT2D eigenvalue weighted by Gasteiger charge is 2.44. The van der Waals surface area contributed by atoms with Crippen molar-refractivity contribution in [3.05, 3.63) is 64.2 Å². The van der Waals surface area contributed by atoms with E-state index in [4.69, 9.17) is 16.3 Å². The zero-order chi connectivity index (χ0) is 28.6. The summed E-state index contributed by atoms with van der Waals surface area (Å²) in [6.45, 7) is 4.51. The van der Waals surface area contributed by atoms with Crippen LogP contribution in [0.2, 0.25) is 5.02 Å². The lowest BCUT2D eigenvalue weighted by atomic mass is 9.62. The van der Waals surface area contributed by atoms with Gasteiger partial charge >= 0.3 is 6.18 Å². The molecule has 222 valence electrons. The summed E-state index contributed by atoms with van der Waals surface area (Å²) < 4.78 is 44.7. The summed E-state index contributed by atoms with van der Waals surface area (Å²) >= 11 is 6.47. The van der Waals surface area contributed by atoms with Gasteiger partial charge in [-0.05, 0) is 92.6 Å². The average molecular weight is 580 g/mol. The molecule has 0 unspecified atom stereocenters. The fourth-order valence-electron chi connectivity index (χ4n) is 6.70. The van der Waals surface area contributed by atoms with Gasteiger partial charge in [-0.2, -0.15) is 13.2 Å². The van der Waals surface area contributed by atoms with Crippen molar-refractivity contribution < 1.29 is 23.0 Å². The number of hydrogen-bond donors (Lipinski definition) is 1. The van der Waals surface area contributed by atoms with E-state index in [2.05, 4.69) is 24.0 Å². The van der Waals surface area contributed by atoms with Gasteiger partial charge in [-0.3, -0.25) is 4.90 Å². The van der Waals surface area contributed by atoms with Crippen LogP contribution < -0.4 is 4.74 Å². The van der Waals surface area contributed by atoms with Gasteiger partial charge in [-0.25, -0.2) is 0 Å². The van der Waals surface area contributed by atoms with Crippen LogP contribution in [0.5, 0.6) is 5.75 Å². The molecule has 1 aliphatic carbocycles. The summed E-state index contributed by atoms with van der Waals surface area (Å²) in [4.78, 5) is 2.45. The van der Waals surface area contributed by atoms with Crippen LogP contribution in [0, 0.1) is 5.92 Å².